The smallest absolute Gasteiger partial charge is 0.191 e. The van der Waals surface area contributed by atoms with Crippen molar-refractivity contribution >= 4 is 41.3 Å². The van der Waals surface area contributed by atoms with Crippen molar-refractivity contribution in [3.05, 3.63) is 51.7 Å². The number of nitrogens with zero attached hydrogens (tertiary/aromatic N) is 1. The largest absolute Gasteiger partial charge is 0.491 e. The van der Waals surface area contributed by atoms with E-state index >= 15 is 0 Å². The summed E-state index contributed by atoms with van der Waals surface area (Å²) < 4.78 is 5.76. The zero-order valence-corrected chi connectivity index (χ0v) is 16.9. The SMILES string of the molecule is CN=C(NCCOc1ccccc1C)NCc1sccc1C.I. The molecule has 4 nitrogen and oxygen atoms in total. The number of benzene rings is 1. The van der Waals surface area contributed by atoms with Crippen LogP contribution in [0.15, 0.2) is 40.7 Å². The van der Waals surface area contributed by atoms with Crippen molar-refractivity contribution in [3.8, 4) is 5.75 Å². The number of thiophene rings is 1. The second-order valence-corrected chi connectivity index (χ2v) is 5.99. The van der Waals surface area contributed by atoms with Crippen molar-refractivity contribution in [3.63, 3.8) is 0 Å². The number of halogens is 1. The first-order valence-corrected chi connectivity index (χ1v) is 8.24. The molecule has 1 aromatic carbocycles. The third kappa shape index (κ3) is 6.39. The second-order valence-electron chi connectivity index (χ2n) is 4.99. The van der Waals surface area contributed by atoms with E-state index in [1.807, 2.05) is 31.2 Å². The summed E-state index contributed by atoms with van der Waals surface area (Å²) in [5, 5.41) is 8.69. The Morgan fingerprint density at radius 1 is 1.13 bits per heavy atom. The fourth-order valence-electron chi connectivity index (χ4n) is 2.02. The number of aliphatic imine (C=N–C) groups is 1. The lowest BCUT2D eigenvalue weighted by Crippen LogP contribution is -2.38. The molecule has 0 unspecified atom stereocenters. The van der Waals surface area contributed by atoms with Gasteiger partial charge in [0.25, 0.3) is 0 Å². The van der Waals surface area contributed by atoms with Gasteiger partial charge in [0, 0.05) is 11.9 Å². The summed E-state index contributed by atoms with van der Waals surface area (Å²) in [6.45, 7) is 6.27. The van der Waals surface area contributed by atoms with E-state index in [2.05, 4.69) is 34.0 Å². The van der Waals surface area contributed by atoms with E-state index < -0.39 is 0 Å². The number of rotatable bonds is 6. The topological polar surface area (TPSA) is 45.7 Å². The molecule has 6 heteroatoms. The standard InChI is InChI=1S/C17H23N3OS.HI/c1-13-6-4-5-7-15(13)21-10-9-19-17(18-3)20-12-16-14(2)8-11-22-16;/h4-8,11H,9-10,12H2,1-3H3,(H2,18,19,20);1H. The van der Waals surface area contributed by atoms with E-state index in [1.54, 1.807) is 18.4 Å². The Bertz CT molecular complexity index is 628. The number of nitrogens with one attached hydrogen (secondary N) is 2. The Morgan fingerprint density at radius 2 is 1.91 bits per heavy atom. The molecular formula is C17H24IN3OS. The first kappa shape index (κ1) is 19.8. The van der Waals surface area contributed by atoms with Crippen molar-refractivity contribution in [1.82, 2.24) is 10.6 Å². The quantitative estimate of drug-likeness (QED) is 0.308. The highest BCUT2D eigenvalue weighted by atomic mass is 127. The highest BCUT2D eigenvalue weighted by Crippen LogP contribution is 2.16. The van der Waals surface area contributed by atoms with Crippen LogP contribution in [0.2, 0.25) is 0 Å². The molecule has 2 N–H and O–H groups in total. The lowest BCUT2D eigenvalue weighted by Gasteiger charge is -2.13. The number of guanidine groups is 1. The summed E-state index contributed by atoms with van der Waals surface area (Å²) in [7, 11) is 1.78. The van der Waals surface area contributed by atoms with E-state index in [1.165, 1.54) is 10.4 Å². The third-order valence-electron chi connectivity index (χ3n) is 3.35. The molecule has 0 aliphatic rings. The third-order valence-corrected chi connectivity index (χ3v) is 4.38. The van der Waals surface area contributed by atoms with Gasteiger partial charge in [0.05, 0.1) is 13.1 Å². The predicted octanol–water partition coefficient (Wildman–Crippen LogP) is 3.73. The van der Waals surface area contributed by atoms with Gasteiger partial charge in [0.2, 0.25) is 0 Å². The van der Waals surface area contributed by atoms with E-state index in [-0.39, 0.29) is 24.0 Å². The molecule has 2 aromatic rings. The van der Waals surface area contributed by atoms with Crippen molar-refractivity contribution in [1.29, 1.82) is 0 Å². The summed E-state index contributed by atoms with van der Waals surface area (Å²) in [5.41, 5.74) is 2.47. The van der Waals surface area contributed by atoms with Gasteiger partial charge in [-0.05, 0) is 42.5 Å². The van der Waals surface area contributed by atoms with Crippen LogP contribution in [0.3, 0.4) is 0 Å². The van der Waals surface area contributed by atoms with Crippen LogP contribution in [0.25, 0.3) is 0 Å². The zero-order valence-electron chi connectivity index (χ0n) is 13.8. The van der Waals surface area contributed by atoms with Crippen LogP contribution >= 0.6 is 35.3 Å². The van der Waals surface area contributed by atoms with Gasteiger partial charge in [-0.2, -0.15) is 0 Å². The summed E-state index contributed by atoms with van der Waals surface area (Å²) in [6.07, 6.45) is 0. The normalized spacial score (nSPS) is 10.8. The minimum absolute atomic E-state index is 0. The average Bonchev–Trinajstić information content (AvgIpc) is 2.93. The van der Waals surface area contributed by atoms with Gasteiger partial charge < -0.3 is 15.4 Å². The average molecular weight is 445 g/mol. The lowest BCUT2D eigenvalue weighted by molar-refractivity contribution is 0.320. The molecule has 0 radical (unpaired) electrons. The molecule has 1 aromatic heterocycles. The molecular weight excluding hydrogens is 421 g/mol. The monoisotopic (exact) mass is 445 g/mol. The molecule has 0 atom stereocenters. The van der Waals surface area contributed by atoms with E-state index in [9.17, 15) is 0 Å². The lowest BCUT2D eigenvalue weighted by atomic mass is 10.2. The maximum atomic E-state index is 5.76. The molecule has 0 amide bonds. The van der Waals surface area contributed by atoms with E-state index in [4.69, 9.17) is 4.74 Å². The Balaban J connectivity index is 0.00000264. The maximum Gasteiger partial charge on any atom is 0.191 e. The number of aryl methyl sites for hydroxylation is 2. The highest BCUT2D eigenvalue weighted by molar-refractivity contribution is 14.0. The minimum atomic E-state index is 0. The van der Waals surface area contributed by atoms with Gasteiger partial charge in [-0.15, -0.1) is 35.3 Å². The van der Waals surface area contributed by atoms with Gasteiger partial charge in [-0.25, -0.2) is 0 Å². The van der Waals surface area contributed by atoms with Crippen LogP contribution in [-0.2, 0) is 6.54 Å². The molecule has 1 heterocycles. The van der Waals surface area contributed by atoms with Crippen molar-refractivity contribution in [2.45, 2.75) is 20.4 Å². The van der Waals surface area contributed by atoms with Crippen molar-refractivity contribution in [2.24, 2.45) is 4.99 Å². The zero-order chi connectivity index (χ0) is 15.8. The number of hydrogen-bond acceptors (Lipinski definition) is 3. The fourth-order valence-corrected chi connectivity index (χ4v) is 2.86. The molecule has 0 aliphatic heterocycles. The first-order chi connectivity index (χ1) is 10.7. The van der Waals surface area contributed by atoms with Crippen LogP contribution in [0, 0.1) is 13.8 Å². The van der Waals surface area contributed by atoms with Crippen LogP contribution in [0.5, 0.6) is 5.75 Å². The van der Waals surface area contributed by atoms with E-state index in [0.717, 1.165) is 23.8 Å². The molecule has 23 heavy (non-hydrogen) atoms. The Kier molecular flexibility index (Phi) is 9.01. The van der Waals surface area contributed by atoms with E-state index in [0.29, 0.717) is 13.2 Å². The van der Waals surface area contributed by atoms with Crippen LogP contribution in [0.4, 0.5) is 0 Å². The van der Waals surface area contributed by atoms with Crippen molar-refractivity contribution in [2.75, 3.05) is 20.2 Å². The number of ether oxygens (including phenoxy) is 1. The second kappa shape index (κ2) is 10.5. The first-order valence-electron chi connectivity index (χ1n) is 7.36. The molecule has 0 saturated heterocycles. The molecule has 2 rings (SSSR count). The Labute approximate surface area is 159 Å². The summed E-state index contributed by atoms with van der Waals surface area (Å²) in [6, 6.07) is 10.2. The van der Waals surface area contributed by atoms with Crippen LogP contribution in [-0.4, -0.2) is 26.2 Å². The maximum absolute atomic E-state index is 5.76. The molecule has 0 spiro atoms. The van der Waals surface area contributed by atoms with Gasteiger partial charge in [-0.1, -0.05) is 18.2 Å². The Hall–Kier alpha value is -1.28. The molecule has 0 fully saturated rings. The van der Waals surface area contributed by atoms with Gasteiger partial charge >= 0.3 is 0 Å². The minimum Gasteiger partial charge on any atom is -0.491 e. The highest BCUT2D eigenvalue weighted by Gasteiger charge is 2.02. The van der Waals surface area contributed by atoms with Crippen molar-refractivity contribution < 1.29 is 4.74 Å². The van der Waals surface area contributed by atoms with Crippen LogP contribution in [0.1, 0.15) is 16.0 Å². The summed E-state index contributed by atoms with van der Waals surface area (Å²) in [5.74, 6) is 1.72. The van der Waals surface area contributed by atoms with Gasteiger partial charge in [0.1, 0.15) is 12.4 Å². The molecule has 0 saturated carbocycles. The molecule has 0 aliphatic carbocycles. The predicted molar refractivity (Wildman–Crippen MR) is 109 cm³/mol. The van der Waals surface area contributed by atoms with Crippen LogP contribution < -0.4 is 15.4 Å². The Morgan fingerprint density at radius 3 is 2.57 bits per heavy atom. The van der Waals surface area contributed by atoms with Gasteiger partial charge in [0.15, 0.2) is 5.96 Å². The molecule has 0 bridgehead atoms. The molecule has 126 valence electrons. The number of hydrogen-bond donors (Lipinski definition) is 2. The summed E-state index contributed by atoms with van der Waals surface area (Å²) in [4.78, 5) is 5.56. The van der Waals surface area contributed by atoms with Gasteiger partial charge in [-0.3, -0.25) is 4.99 Å². The summed E-state index contributed by atoms with van der Waals surface area (Å²) >= 11 is 1.76. The fraction of sp³-hybridized carbons (Fsp3) is 0.353. The number of para-hydroxylation sites is 1.